The van der Waals surface area contributed by atoms with E-state index >= 15 is 0 Å². The largest absolute Gasteiger partial charge is 0.437 e. The summed E-state index contributed by atoms with van der Waals surface area (Å²) in [6, 6.07) is 0. The van der Waals surface area contributed by atoms with E-state index in [4.69, 9.17) is 5.73 Å². The van der Waals surface area contributed by atoms with Crippen LogP contribution in [0.15, 0.2) is 0 Å². The molecule has 98 valence electrons. The molecule has 17 heavy (non-hydrogen) atoms. The number of nitrogens with one attached hydrogen (secondary N) is 1. The van der Waals surface area contributed by atoms with Crippen molar-refractivity contribution in [2.24, 2.45) is 0 Å². The molecular weight excluding hydrogens is 259 g/mol. The summed E-state index contributed by atoms with van der Waals surface area (Å²) in [5.41, 5.74) is -3.10. The Balaban J connectivity index is 3.52. The van der Waals surface area contributed by atoms with Gasteiger partial charge in [0.2, 0.25) is 0 Å². The van der Waals surface area contributed by atoms with E-state index in [1.807, 2.05) is 0 Å². The summed E-state index contributed by atoms with van der Waals surface area (Å²) in [5, 5.41) is 4.33. The summed E-state index contributed by atoms with van der Waals surface area (Å²) >= 11 is 0. The molecule has 1 aromatic heterocycles. The Morgan fingerprint density at radius 3 is 1.65 bits per heavy atom. The lowest BCUT2D eigenvalue weighted by atomic mass is 9.97. The summed E-state index contributed by atoms with van der Waals surface area (Å²) in [7, 11) is 0. The summed E-state index contributed by atoms with van der Waals surface area (Å²) in [5.74, 6) is -0.560. The summed E-state index contributed by atoms with van der Waals surface area (Å²) in [4.78, 5) is 0. The van der Waals surface area contributed by atoms with E-state index in [1.54, 1.807) is 5.10 Å². The maximum atomic E-state index is 13.4. The van der Waals surface area contributed by atoms with Crippen molar-refractivity contribution >= 4 is 5.82 Å². The van der Waals surface area contributed by atoms with Crippen LogP contribution in [-0.2, 0) is 5.67 Å². The smallest absolute Gasteiger partial charge is 0.384 e. The standard InChI is InChI=1S/C7H6F7N3/c1-2-3(16-17-4(2)15)5(8,6(9,10)11)7(12,13)14/h1H3,(H3,15,16,17). The van der Waals surface area contributed by atoms with Crippen molar-refractivity contribution < 1.29 is 30.7 Å². The van der Waals surface area contributed by atoms with Gasteiger partial charge in [-0.2, -0.15) is 31.4 Å². The Kier molecular flexibility index (Phi) is 2.80. The zero-order valence-corrected chi connectivity index (χ0v) is 8.17. The number of nitrogens with zero attached hydrogens (tertiary/aromatic N) is 1. The monoisotopic (exact) mass is 265 g/mol. The van der Waals surface area contributed by atoms with Crippen molar-refractivity contribution in [1.82, 2.24) is 10.2 Å². The van der Waals surface area contributed by atoms with Crippen molar-refractivity contribution in [3.8, 4) is 0 Å². The second-order valence-electron chi connectivity index (χ2n) is 3.26. The number of alkyl halides is 7. The second-order valence-corrected chi connectivity index (χ2v) is 3.26. The fourth-order valence-corrected chi connectivity index (χ4v) is 1.18. The number of nitrogens with two attached hydrogens (primary N) is 1. The van der Waals surface area contributed by atoms with Gasteiger partial charge in [-0.05, 0) is 6.92 Å². The highest BCUT2D eigenvalue weighted by molar-refractivity contribution is 5.44. The average Bonchev–Trinajstić information content (AvgIpc) is 2.43. The average molecular weight is 265 g/mol. The third kappa shape index (κ3) is 1.80. The first-order valence-corrected chi connectivity index (χ1v) is 4.06. The molecule has 3 nitrogen and oxygen atoms in total. The molecule has 0 aliphatic rings. The van der Waals surface area contributed by atoms with Crippen LogP contribution in [0.5, 0.6) is 0 Å². The van der Waals surface area contributed by atoms with Crippen LogP contribution in [0, 0.1) is 6.92 Å². The lowest BCUT2D eigenvalue weighted by Crippen LogP contribution is -2.51. The third-order valence-electron chi connectivity index (χ3n) is 2.15. The second kappa shape index (κ2) is 3.50. The molecule has 0 aliphatic heterocycles. The molecule has 0 atom stereocenters. The van der Waals surface area contributed by atoms with Crippen LogP contribution >= 0.6 is 0 Å². The minimum Gasteiger partial charge on any atom is -0.384 e. The number of halogens is 7. The van der Waals surface area contributed by atoms with Gasteiger partial charge in [0.05, 0.1) is 0 Å². The van der Waals surface area contributed by atoms with E-state index in [0.29, 0.717) is 0 Å². The van der Waals surface area contributed by atoms with E-state index in [9.17, 15) is 30.7 Å². The van der Waals surface area contributed by atoms with Gasteiger partial charge in [-0.25, -0.2) is 4.39 Å². The molecule has 0 amide bonds. The van der Waals surface area contributed by atoms with Crippen LogP contribution in [0.4, 0.5) is 36.6 Å². The molecule has 1 rings (SSSR count). The SMILES string of the molecule is Cc1c(C(F)(C(F)(F)F)C(F)(F)F)n[nH]c1N. The molecule has 1 heterocycles. The molecule has 0 saturated heterocycles. The lowest BCUT2D eigenvalue weighted by Gasteiger charge is -2.28. The van der Waals surface area contributed by atoms with Crippen molar-refractivity contribution in [2.45, 2.75) is 24.9 Å². The highest BCUT2D eigenvalue weighted by Gasteiger charge is 2.75. The number of H-pyrrole nitrogens is 1. The molecule has 0 aliphatic carbocycles. The van der Waals surface area contributed by atoms with Gasteiger partial charge >= 0.3 is 18.0 Å². The number of hydrogen-bond acceptors (Lipinski definition) is 2. The Labute approximate surface area is 89.8 Å². The van der Waals surface area contributed by atoms with E-state index < -0.39 is 35.1 Å². The molecule has 0 aromatic carbocycles. The number of rotatable bonds is 1. The van der Waals surface area contributed by atoms with Crippen molar-refractivity contribution in [3.05, 3.63) is 11.3 Å². The van der Waals surface area contributed by atoms with Gasteiger partial charge in [0.25, 0.3) is 0 Å². The van der Waals surface area contributed by atoms with Crippen LogP contribution < -0.4 is 5.73 Å². The Bertz CT molecular complexity index is 402. The predicted molar refractivity (Wildman–Crippen MR) is 42.6 cm³/mol. The van der Waals surface area contributed by atoms with Crippen molar-refractivity contribution in [1.29, 1.82) is 0 Å². The topological polar surface area (TPSA) is 54.7 Å². The van der Waals surface area contributed by atoms with Gasteiger partial charge in [0, 0.05) is 5.56 Å². The number of hydrogen-bond donors (Lipinski definition) is 2. The maximum absolute atomic E-state index is 13.4. The summed E-state index contributed by atoms with van der Waals surface area (Å²) in [6.45, 7) is 0.806. The first-order valence-electron chi connectivity index (χ1n) is 4.06. The molecular formula is C7H6F7N3. The number of anilines is 1. The van der Waals surface area contributed by atoms with E-state index in [1.165, 1.54) is 0 Å². The van der Waals surface area contributed by atoms with Gasteiger partial charge in [0.15, 0.2) is 0 Å². The number of nitrogen functional groups attached to an aromatic ring is 1. The van der Waals surface area contributed by atoms with E-state index in [0.717, 1.165) is 6.92 Å². The van der Waals surface area contributed by atoms with Gasteiger partial charge in [0.1, 0.15) is 11.5 Å². The highest BCUT2D eigenvalue weighted by atomic mass is 19.4. The summed E-state index contributed by atoms with van der Waals surface area (Å²) in [6.07, 6.45) is -12.4. The summed E-state index contributed by atoms with van der Waals surface area (Å²) < 4.78 is 87.1. The molecule has 0 fully saturated rings. The zero-order valence-electron chi connectivity index (χ0n) is 8.17. The van der Waals surface area contributed by atoms with Crippen molar-refractivity contribution in [3.63, 3.8) is 0 Å². The molecule has 0 unspecified atom stereocenters. The Morgan fingerprint density at radius 1 is 1.00 bits per heavy atom. The van der Waals surface area contributed by atoms with E-state index in [-0.39, 0.29) is 0 Å². The van der Waals surface area contributed by atoms with Gasteiger partial charge in [-0.1, -0.05) is 0 Å². The number of aromatic nitrogens is 2. The minimum absolute atomic E-state index is 0.560. The Hall–Kier alpha value is -1.48. The van der Waals surface area contributed by atoms with Crippen LogP contribution in [0.2, 0.25) is 0 Å². The van der Waals surface area contributed by atoms with Crippen LogP contribution in [-0.4, -0.2) is 22.5 Å². The molecule has 0 spiro atoms. The normalized spacial score (nSPS) is 14.1. The minimum atomic E-state index is -6.18. The van der Waals surface area contributed by atoms with Gasteiger partial charge in [-0.3, -0.25) is 5.10 Å². The van der Waals surface area contributed by atoms with Crippen LogP contribution in [0.1, 0.15) is 11.3 Å². The zero-order chi connectivity index (χ0) is 13.6. The quantitative estimate of drug-likeness (QED) is 0.767. The fraction of sp³-hybridized carbons (Fsp3) is 0.571. The van der Waals surface area contributed by atoms with Gasteiger partial charge in [-0.15, -0.1) is 0 Å². The highest BCUT2D eigenvalue weighted by Crippen LogP contribution is 2.53. The molecule has 3 N–H and O–H groups in total. The molecule has 0 bridgehead atoms. The molecule has 1 aromatic rings. The van der Waals surface area contributed by atoms with Crippen LogP contribution in [0.3, 0.4) is 0 Å². The molecule has 10 heteroatoms. The lowest BCUT2D eigenvalue weighted by molar-refractivity contribution is -0.350. The Morgan fingerprint density at radius 2 is 1.41 bits per heavy atom. The predicted octanol–water partition coefficient (Wildman–Crippen LogP) is 2.59. The van der Waals surface area contributed by atoms with Crippen molar-refractivity contribution in [2.75, 3.05) is 5.73 Å². The molecule has 0 radical (unpaired) electrons. The number of aromatic amines is 1. The maximum Gasteiger partial charge on any atom is 0.437 e. The molecule has 0 saturated carbocycles. The first kappa shape index (κ1) is 13.6. The van der Waals surface area contributed by atoms with Crippen LogP contribution in [0.25, 0.3) is 0 Å². The first-order chi connectivity index (χ1) is 7.43. The van der Waals surface area contributed by atoms with Gasteiger partial charge < -0.3 is 5.73 Å². The fourth-order valence-electron chi connectivity index (χ4n) is 1.18. The van der Waals surface area contributed by atoms with E-state index in [2.05, 4.69) is 5.10 Å². The third-order valence-corrected chi connectivity index (χ3v) is 2.15.